The van der Waals surface area contributed by atoms with E-state index in [9.17, 15) is 4.79 Å². The maximum Gasteiger partial charge on any atom is 0.255 e. The molecule has 0 unspecified atom stereocenters. The van der Waals surface area contributed by atoms with E-state index in [2.05, 4.69) is 37.0 Å². The van der Waals surface area contributed by atoms with Gasteiger partial charge in [0.25, 0.3) is 5.91 Å². The fraction of sp³-hybridized carbons (Fsp3) is 0.542. The molecule has 3 aliphatic rings. The second kappa shape index (κ2) is 8.62. The second-order valence-electron chi connectivity index (χ2n) is 8.93. The number of hydrogen-bond acceptors (Lipinski definition) is 4. The number of H-pyrrole nitrogens is 1. The number of pyridine rings is 1. The van der Waals surface area contributed by atoms with Crippen molar-refractivity contribution in [3.8, 4) is 0 Å². The zero-order valence-corrected chi connectivity index (χ0v) is 17.6. The SMILES string of the molecule is O=C(c1ccc(CCN2C=Cc3[nH]cnc3C2)nc1)N(C1CCCC1)C1CCCC1. The third kappa shape index (κ3) is 4.00. The van der Waals surface area contributed by atoms with E-state index in [-0.39, 0.29) is 5.91 Å². The van der Waals surface area contributed by atoms with E-state index in [0.29, 0.717) is 12.1 Å². The highest BCUT2D eigenvalue weighted by molar-refractivity contribution is 5.94. The van der Waals surface area contributed by atoms with Gasteiger partial charge in [-0.3, -0.25) is 9.78 Å². The predicted molar refractivity (Wildman–Crippen MR) is 117 cm³/mol. The van der Waals surface area contributed by atoms with Crippen molar-refractivity contribution in [3.05, 3.63) is 53.5 Å². The summed E-state index contributed by atoms with van der Waals surface area (Å²) in [6.07, 6.45) is 18.2. The Kier molecular flexibility index (Phi) is 5.56. The van der Waals surface area contributed by atoms with Gasteiger partial charge in [0.2, 0.25) is 0 Å². The first kappa shape index (κ1) is 19.3. The normalized spacial score (nSPS) is 19.4. The Balaban J connectivity index is 1.22. The van der Waals surface area contributed by atoms with Gasteiger partial charge in [0.1, 0.15) is 0 Å². The first-order chi connectivity index (χ1) is 14.8. The topological polar surface area (TPSA) is 65.1 Å². The van der Waals surface area contributed by atoms with Gasteiger partial charge in [-0.1, -0.05) is 25.7 Å². The molecule has 0 radical (unpaired) electrons. The molecule has 2 aromatic rings. The quantitative estimate of drug-likeness (QED) is 0.784. The molecule has 2 fully saturated rings. The van der Waals surface area contributed by atoms with Crippen LogP contribution < -0.4 is 0 Å². The zero-order valence-electron chi connectivity index (χ0n) is 17.6. The molecule has 0 spiro atoms. The minimum absolute atomic E-state index is 0.192. The first-order valence-electron chi connectivity index (χ1n) is 11.5. The van der Waals surface area contributed by atoms with Crippen LogP contribution in [0.2, 0.25) is 0 Å². The Labute approximate surface area is 178 Å². The van der Waals surface area contributed by atoms with Crippen molar-refractivity contribution < 1.29 is 4.79 Å². The Bertz CT molecular complexity index is 875. The zero-order chi connectivity index (χ0) is 20.3. The summed E-state index contributed by atoms with van der Waals surface area (Å²) in [6.45, 7) is 1.71. The molecule has 30 heavy (non-hydrogen) atoms. The molecule has 158 valence electrons. The van der Waals surface area contributed by atoms with Crippen molar-refractivity contribution in [3.63, 3.8) is 0 Å². The third-order valence-electron chi connectivity index (χ3n) is 6.95. The summed E-state index contributed by atoms with van der Waals surface area (Å²) in [5, 5.41) is 0. The molecule has 2 saturated carbocycles. The molecule has 3 heterocycles. The van der Waals surface area contributed by atoms with Gasteiger partial charge in [0, 0.05) is 43.1 Å². The summed E-state index contributed by atoms with van der Waals surface area (Å²) in [4.78, 5) is 30.0. The van der Waals surface area contributed by atoms with Crippen molar-refractivity contribution >= 4 is 12.0 Å². The van der Waals surface area contributed by atoms with Gasteiger partial charge in [0.15, 0.2) is 0 Å². The van der Waals surface area contributed by atoms with Gasteiger partial charge in [0.05, 0.1) is 29.8 Å². The summed E-state index contributed by atoms with van der Waals surface area (Å²) in [5.74, 6) is 0.192. The number of nitrogens with zero attached hydrogens (tertiary/aromatic N) is 4. The van der Waals surface area contributed by atoms with E-state index in [1.165, 1.54) is 25.7 Å². The summed E-state index contributed by atoms with van der Waals surface area (Å²) in [6, 6.07) is 4.87. The molecule has 1 N–H and O–H groups in total. The van der Waals surface area contributed by atoms with E-state index in [0.717, 1.165) is 67.8 Å². The Hall–Kier alpha value is -2.63. The van der Waals surface area contributed by atoms with Crippen LogP contribution in [0.15, 0.2) is 30.9 Å². The fourth-order valence-electron chi connectivity index (χ4n) is 5.28. The highest BCUT2D eigenvalue weighted by atomic mass is 16.2. The van der Waals surface area contributed by atoms with E-state index < -0.39 is 0 Å². The van der Waals surface area contributed by atoms with Gasteiger partial charge >= 0.3 is 0 Å². The molecule has 6 heteroatoms. The summed E-state index contributed by atoms with van der Waals surface area (Å²) in [5.41, 5.74) is 3.96. The molecule has 0 saturated heterocycles. The molecule has 1 aliphatic heterocycles. The molecule has 1 amide bonds. The summed E-state index contributed by atoms with van der Waals surface area (Å²) in [7, 11) is 0. The number of carbonyl (C=O) groups excluding carboxylic acids is 1. The van der Waals surface area contributed by atoms with Crippen molar-refractivity contribution in [2.75, 3.05) is 6.54 Å². The summed E-state index contributed by atoms with van der Waals surface area (Å²) >= 11 is 0. The van der Waals surface area contributed by atoms with Crippen LogP contribution in [0.25, 0.3) is 6.08 Å². The van der Waals surface area contributed by atoms with E-state index in [1.54, 1.807) is 12.5 Å². The smallest absolute Gasteiger partial charge is 0.255 e. The first-order valence-corrected chi connectivity index (χ1v) is 11.5. The number of fused-ring (bicyclic) bond motifs is 1. The molecule has 2 aliphatic carbocycles. The van der Waals surface area contributed by atoms with Gasteiger partial charge in [-0.05, 0) is 43.9 Å². The number of hydrogen-bond donors (Lipinski definition) is 1. The standard InChI is InChI=1S/C24H31N5O/c30-24(29(20-5-1-2-6-20)21-7-3-4-8-21)18-9-10-19(25-15-18)11-13-28-14-12-22-23(16-28)27-17-26-22/h9-10,12,14-15,17,20-21H,1-8,11,13,16H2,(H,26,27). The number of carbonyl (C=O) groups is 1. The summed E-state index contributed by atoms with van der Waals surface area (Å²) < 4.78 is 0. The highest BCUT2D eigenvalue weighted by Crippen LogP contribution is 2.32. The van der Waals surface area contributed by atoms with E-state index in [4.69, 9.17) is 0 Å². The van der Waals surface area contributed by atoms with Crippen LogP contribution in [0.1, 0.15) is 78.8 Å². The molecule has 0 atom stereocenters. The monoisotopic (exact) mass is 405 g/mol. The predicted octanol–water partition coefficient (Wildman–Crippen LogP) is 4.16. The molecular formula is C24H31N5O. The Morgan fingerprint density at radius 2 is 1.80 bits per heavy atom. The van der Waals surface area contributed by atoms with Crippen LogP contribution in [0.5, 0.6) is 0 Å². The third-order valence-corrected chi connectivity index (χ3v) is 6.95. The molecule has 5 rings (SSSR count). The van der Waals surface area contributed by atoms with Crippen LogP contribution in [-0.4, -0.2) is 49.3 Å². The number of rotatable bonds is 6. The number of imidazole rings is 1. The fourth-order valence-corrected chi connectivity index (χ4v) is 5.28. The maximum atomic E-state index is 13.4. The van der Waals surface area contributed by atoms with Gasteiger partial charge < -0.3 is 14.8 Å². The van der Waals surface area contributed by atoms with Crippen molar-refractivity contribution in [2.45, 2.75) is 76.4 Å². The molecule has 0 bridgehead atoms. The van der Waals surface area contributed by atoms with Crippen molar-refractivity contribution in [2.24, 2.45) is 0 Å². The molecule has 2 aromatic heterocycles. The lowest BCUT2D eigenvalue weighted by molar-refractivity contribution is 0.0580. The second-order valence-corrected chi connectivity index (χ2v) is 8.93. The van der Waals surface area contributed by atoms with Crippen LogP contribution in [0.4, 0.5) is 0 Å². The average Bonchev–Trinajstić information content (AvgIpc) is 3.55. The number of aromatic amines is 1. The average molecular weight is 406 g/mol. The lowest BCUT2D eigenvalue weighted by Gasteiger charge is -2.34. The van der Waals surface area contributed by atoms with Crippen LogP contribution in [0, 0.1) is 0 Å². The minimum atomic E-state index is 0.192. The molecule has 6 nitrogen and oxygen atoms in total. The number of amides is 1. The number of aromatic nitrogens is 3. The number of nitrogens with one attached hydrogen (secondary N) is 1. The van der Waals surface area contributed by atoms with Gasteiger partial charge in [-0.2, -0.15) is 0 Å². The molecular weight excluding hydrogens is 374 g/mol. The van der Waals surface area contributed by atoms with Crippen molar-refractivity contribution in [1.29, 1.82) is 0 Å². The van der Waals surface area contributed by atoms with Crippen LogP contribution >= 0.6 is 0 Å². The lowest BCUT2D eigenvalue weighted by atomic mass is 10.1. The Morgan fingerprint density at radius 1 is 1.07 bits per heavy atom. The lowest BCUT2D eigenvalue weighted by Crippen LogP contribution is -2.45. The van der Waals surface area contributed by atoms with Crippen LogP contribution in [0.3, 0.4) is 0 Å². The van der Waals surface area contributed by atoms with E-state index >= 15 is 0 Å². The highest BCUT2D eigenvalue weighted by Gasteiger charge is 2.34. The van der Waals surface area contributed by atoms with Crippen LogP contribution in [-0.2, 0) is 13.0 Å². The maximum absolute atomic E-state index is 13.4. The minimum Gasteiger partial charge on any atom is -0.371 e. The van der Waals surface area contributed by atoms with Gasteiger partial charge in [-0.25, -0.2) is 4.98 Å². The van der Waals surface area contributed by atoms with E-state index in [1.807, 2.05) is 12.1 Å². The Morgan fingerprint density at radius 3 is 2.47 bits per heavy atom. The van der Waals surface area contributed by atoms with Crippen molar-refractivity contribution in [1.82, 2.24) is 24.8 Å². The van der Waals surface area contributed by atoms with Gasteiger partial charge in [-0.15, -0.1) is 0 Å². The molecule has 0 aromatic carbocycles. The largest absolute Gasteiger partial charge is 0.371 e.